The number of rotatable bonds is 4. The van der Waals surface area contributed by atoms with E-state index in [4.69, 9.17) is 10.5 Å². The Morgan fingerprint density at radius 2 is 2.00 bits per heavy atom. The highest BCUT2D eigenvalue weighted by Gasteiger charge is 2.39. The van der Waals surface area contributed by atoms with Crippen molar-refractivity contribution < 1.29 is 9.53 Å². The normalized spacial score (nSPS) is 23.2. The fourth-order valence-corrected chi connectivity index (χ4v) is 2.93. The fourth-order valence-electron chi connectivity index (χ4n) is 2.93. The van der Waals surface area contributed by atoms with Gasteiger partial charge in [-0.2, -0.15) is 0 Å². The minimum atomic E-state index is -0.135. The summed E-state index contributed by atoms with van der Waals surface area (Å²) in [4.78, 5) is 14.0. The number of benzene rings is 1. The zero-order chi connectivity index (χ0) is 14.0. The fraction of sp³-hybridized carbons (Fsp3) is 0.533. The van der Waals surface area contributed by atoms with E-state index in [1.165, 1.54) is 16.7 Å². The van der Waals surface area contributed by atoms with Crippen LogP contribution >= 0.6 is 0 Å². The van der Waals surface area contributed by atoms with E-state index in [9.17, 15) is 4.79 Å². The molecule has 0 spiro atoms. The molecule has 2 N–H and O–H groups in total. The number of carbonyl (C=O) groups is 1. The first kappa shape index (κ1) is 14.0. The lowest BCUT2D eigenvalue weighted by Crippen LogP contribution is -2.36. The van der Waals surface area contributed by atoms with Gasteiger partial charge in [0.05, 0.1) is 12.6 Å². The number of hydrogen-bond acceptors (Lipinski definition) is 3. The van der Waals surface area contributed by atoms with Crippen molar-refractivity contribution in [3.8, 4) is 0 Å². The predicted octanol–water partition coefficient (Wildman–Crippen LogP) is 1.55. The van der Waals surface area contributed by atoms with Crippen molar-refractivity contribution in [2.45, 2.75) is 32.4 Å². The number of amides is 1. The third kappa shape index (κ3) is 2.65. The van der Waals surface area contributed by atoms with Crippen molar-refractivity contribution in [1.82, 2.24) is 4.90 Å². The number of hydrogen-bond donors (Lipinski definition) is 1. The second-order valence-corrected chi connectivity index (χ2v) is 5.20. The van der Waals surface area contributed by atoms with Crippen molar-refractivity contribution >= 4 is 5.91 Å². The van der Waals surface area contributed by atoms with Crippen molar-refractivity contribution in [1.29, 1.82) is 0 Å². The first-order valence-corrected chi connectivity index (χ1v) is 6.66. The van der Waals surface area contributed by atoms with Gasteiger partial charge in [-0.1, -0.05) is 18.2 Å². The van der Waals surface area contributed by atoms with Gasteiger partial charge < -0.3 is 15.4 Å². The van der Waals surface area contributed by atoms with Gasteiger partial charge in [-0.15, -0.1) is 0 Å². The lowest BCUT2D eigenvalue weighted by molar-refractivity contribution is -0.129. The van der Waals surface area contributed by atoms with Crippen LogP contribution in [0.25, 0.3) is 0 Å². The maximum atomic E-state index is 12.1. The molecule has 0 saturated carbocycles. The molecule has 1 aromatic carbocycles. The lowest BCUT2D eigenvalue weighted by Gasteiger charge is -2.29. The summed E-state index contributed by atoms with van der Waals surface area (Å²) in [6.45, 7) is 5.29. The zero-order valence-corrected chi connectivity index (χ0v) is 11.8. The number of carbonyl (C=O) groups excluding carboxylic acids is 1. The summed E-state index contributed by atoms with van der Waals surface area (Å²) in [5, 5.41) is 0. The van der Waals surface area contributed by atoms with Crippen molar-refractivity contribution in [2.24, 2.45) is 5.73 Å². The van der Waals surface area contributed by atoms with E-state index in [0.717, 1.165) is 0 Å². The summed E-state index contributed by atoms with van der Waals surface area (Å²) in [5.74, 6) is 0.122. The highest BCUT2D eigenvalue weighted by Crippen LogP contribution is 2.35. The second kappa shape index (κ2) is 5.72. The van der Waals surface area contributed by atoms with Gasteiger partial charge in [-0.3, -0.25) is 4.79 Å². The predicted molar refractivity (Wildman–Crippen MR) is 74.8 cm³/mol. The first-order valence-electron chi connectivity index (χ1n) is 6.66. The van der Waals surface area contributed by atoms with E-state index >= 15 is 0 Å². The van der Waals surface area contributed by atoms with E-state index < -0.39 is 0 Å². The van der Waals surface area contributed by atoms with Gasteiger partial charge in [-0.05, 0) is 30.5 Å². The zero-order valence-electron chi connectivity index (χ0n) is 11.8. The molecule has 1 heterocycles. The molecule has 1 aliphatic heterocycles. The van der Waals surface area contributed by atoms with Gasteiger partial charge >= 0.3 is 0 Å². The average molecular weight is 262 g/mol. The Labute approximate surface area is 114 Å². The van der Waals surface area contributed by atoms with Gasteiger partial charge in [-0.25, -0.2) is 0 Å². The molecule has 0 bridgehead atoms. The summed E-state index contributed by atoms with van der Waals surface area (Å²) in [6.07, 6.45) is 0.419. The molecule has 0 aromatic heterocycles. The van der Waals surface area contributed by atoms with Crippen LogP contribution in [0, 0.1) is 13.8 Å². The molecule has 19 heavy (non-hydrogen) atoms. The molecular formula is C15H22N2O2. The monoisotopic (exact) mass is 262 g/mol. The molecule has 4 nitrogen and oxygen atoms in total. The van der Waals surface area contributed by atoms with Gasteiger partial charge in [0.25, 0.3) is 0 Å². The van der Waals surface area contributed by atoms with Crippen LogP contribution in [0.5, 0.6) is 0 Å². The molecule has 0 radical (unpaired) electrons. The molecule has 1 aliphatic rings. The summed E-state index contributed by atoms with van der Waals surface area (Å²) in [5.41, 5.74) is 9.77. The summed E-state index contributed by atoms with van der Waals surface area (Å²) >= 11 is 0. The van der Waals surface area contributed by atoms with Crippen molar-refractivity contribution in [3.63, 3.8) is 0 Å². The Bertz CT molecular complexity index is 453. The minimum Gasteiger partial charge on any atom is -0.383 e. The Hall–Kier alpha value is -1.39. The smallest absolute Gasteiger partial charge is 0.224 e. The maximum absolute atomic E-state index is 12.1. The molecule has 1 amide bonds. The largest absolute Gasteiger partial charge is 0.383 e. The molecule has 4 heteroatoms. The van der Waals surface area contributed by atoms with Gasteiger partial charge in [0.2, 0.25) is 5.91 Å². The molecule has 104 valence electrons. The quantitative estimate of drug-likeness (QED) is 0.895. The standard InChI is InChI=1S/C15H22N2O2/c1-10-5-4-6-11(2)14(10)15-12(16)9-13(18)17(15)7-8-19-3/h4-6,12,15H,7-9,16H2,1-3H3. The number of nitrogens with zero attached hydrogens (tertiary/aromatic N) is 1. The van der Waals surface area contributed by atoms with Gasteiger partial charge in [0, 0.05) is 26.1 Å². The third-order valence-corrected chi connectivity index (χ3v) is 3.85. The van der Waals surface area contributed by atoms with Gasteiger partial charge in [0.1, 0.15) is 0 Å². The van der Waals surface area contributed by atoms with Crippen LogP contribution in [0.1, 0.15) is 29.2 Å². The first-order chi connectivity index (χ1) is 9.06. The highest BCUT2D eigenvalue weighted by molar-refractivity contribution is 5.80. The summed E-state index contributed by atoms with van der Waals surface area (Å²) in [7, 11) is 1.65. The molecule has 2 rings (SSSR count). The van der Waals surface area contributed by atoms with Crippen molar-refractivity contribution in [2.75, 3.05) is 20.3 Å². The van der Waals surface area contributed by atoms with Crippen LogP contribution in [0.3, 0.4) is 0 Å². The third-order valence-electron chi connectivity index (χ3n) is 3.85. The van der Waals surface area contributed by atoms with E-state index in [1.807, 2.05) is 11.0 Å². The van der Waals surface area contributed by atoms with Crippen LogP contribution in [-0.2, 0) is 9.53 Å². The molecule has 1 fully saturated rings. The number of methoxy groups -OCH3 is 1. The van der Waals surface area contributed by atoms with Gasteiger partial charge in [0.15, 0.2) is 0 Å². The molecular weight excluding hydrogens is 240 g/mol. The maximum Gasteiger partial charge on any atom is 0.224 e. The second-order valence-electron chi connectivity index (χ2n) is 5.20. The Balaban J connectivity index is 2.36. The highest BCUT2D eigenvalue weighted by atomic mass is 16.5. The Morgan fingerprint density at radius 1 is 1.37 bits per heavy atom. The molecule has 1 saturated heterocycles. The SMILES string of the molecule is COCCN1C(=O)CC(N)C1c1c(C)cccc1C. The topological polar surface area (TPSA) is 55.6 Å². The van der Waals surface area contributed by atoms with Crippen molar-refractivity contribution in [3.05, 3.63) is 34.9 Å². The summed E-state index contributed by atoms with van der Waals surface area (Å²) < 4.78 is 5.10. The van der Waals surface area contributed by atoms with Crippen LogP contribution in [-0.4, -0.2) is 37.1 Å². The van der Waals surface area contributed by atoms with E-state index in [2.05, 4.69) is 26.0 Å². The summed E-state index contributed by atoms with van der Waals surface area (Å²) in [6, 6.07) is 6.03. The van der Waals surface area contributed by atoms with Crippen LogP contribution in [0.2, 0.25) is 0 Å². The Kier molecular flexibility index (Phi) is 4.22. The number of ether oxygens (including phenoxy) is 1. The Morgan fingerprint density at radius 3 is 2.58 bits per heavy atom. The minimum absolute atomic E-state index is 0.0242. The van der Waals surface area contributed by atoms with Crippen LogP contribution < -0.4 is 5.73 Å². The molecule has 1 aromatic rings. The van der Waals surface area contributed by atoms with E-state index in [1.54, 1.807) is 7.11 Å². The molecule has 2 atom stereocenters. The van der Waals surface area contributed by atoms with Crippen LogP contribution in [0.4, 0.5) is 0 Å². The number of likely N-dealkylation sites (tertiary alicyclic amines) is 1. The molecule has 0 aliphatic carbocycles. The number of aryl methyl sites for hydroxylation is 2. The lowest BCUT2D eigenvalue weighted by atomic mass is 9.92. The van der Waals surface area contributed by atoms with Crippen LogP contribution in [0.15, 0.2) is 18.2 Å². The number of nitrogens with two attached hydrogens (primary N) is 1. The molecule has 2 unspecified atom stereocenters. The average Bonchev–Trinajstić information content (AvgIpc) is 2.62. The van der Waals surface area contributed by atoms with E-state index in [-0.39, 0.29) is 18.0 Å². The van der Waals surface area contributed by atoms with E-state index in [0.29, 0.717) is 19.6 Å².